The third kappa shape index (κ3) is 3.28. The van der Waals surface area contributed by atoms with Gasteiger partial charge in [-0.1, -0.05) is 18.2 Å². The van der Waals surface area contributed by atoms with Crippen LogP contribution in [-0.2, 0) is 16.0 Å². The highest BCUT2D eigenvalue weighted by atomic mass is 79.9. The molecule has 3 aromatic rings. The summed E-state index contributed by atoms with van der Waals surface area (Å²) in [6.07, 6.45) is 1.94. The predicted octanol–water partition coefficient (Wildman–Crippen LogP) is 3.96. The van der Waals surface area contributed by atoms with Crippen LogP contribution >= 0.6 is 27.3 Å². The number of carbonyl (C=O) groups is 2. The Kier molecular flexibility index (Phi) is 4.40. The van der Waals surface area contributed by atoms with Crippen LogP contribution < -0.4 is 0 Å². The van der Waals surface area contributed by atoms with Crippen molar-refractivity contribution in [2.45, 2.75) is 6.42 Å². The number of halogens is 1. The lowest BCUT2D eigenvalue weighted by Gasteiger charge is -2.03. The molecule has 6 heteroatoms. The molecule has 22 heavy (non-hydrogen) atoms. The van der Waals surface area contributed by atoms with Crippen molar-refractivity contribution in [3.8, 4) is 0 Å². The minimum Gasteiger partial charge on any atom is -0.457 e. The number of nitrogens with one attached hydrogen (secondary N) is 1. The summed E-state index contributed by atoms with van der Waals surface area (Å²) in [4.78, 5) is 27.5. The van der Waals surface area contributed by atoms with Gasteiger partial charge in [0.2, 0.25) is 5.78 Å². The molecule has 0 radical (unpaired) electrons. The van der Waals surface area contributed by atoms with E-state index in [1.54, 1.807) is 18.3 Å². The smallest absolute Gasteiger partial charge is 0.310 e. The molecule has 4 nitrogen and oxygen atoms in total. The van der Waals surface area contributed by atoms with Crippen molar-refractivity contribution in [1.82, 2.24) is 4.98 Å². The van der Waals surface area contributed by atoms with Crippen LogP contribution in [0.5, 0.6) is 0 Å². The zero-order valence-electron chi connectivity index (χ0n) is 11.5. The van der Waals surface area contributed by atoms with E-state index in [1.165, 1.54) is 11.3 Å². The van der Waals surface area contributed by atoms with Crippen LogP contribution in [0, 0.1) is 0 Å². The van der Waals surface area contributed by atoms with Gasteiger partial charge in [-0.15, -0.1) is 11.3 Å². The van der Waals surface area contributed by atoms with E-state index in [2.05, 4.69) is 20.9 Å². The van der Waals surface area contributed by atoms with E-state index in [0.29, 0.717) is 4.88 Å². The summed E-state index contributed by atoms with van der Waals surface area (Å²) in [5.41, 5.74) is 1.84. The van der Waals surface area contributed by atoms with Gasteiger partial charge < -0.3 is 9.72 Å². The fraction of sp³-hybridized carbons (Fsp3) is 0.125. The summed E-state index contributed by atoms with van der Waals surface area (Å²) >= 11 is 4.62. The Bertz CT molecular complexity index is 837. The van der Waals surface area contributed by atoms with Gasteiger partial charge in [-0.2, -0.15) is 0 Å². The molecule has 0 fully saturated rings. The molecule has 0 aliphatic rings. The average Bonchev–Trinajstić information content (AvgIpc) is 3.12. The highest BCUT2D eigenvalue weighted by Gasteiger charge is 2.14. The summed E-state index contributed by atoms with van der Waals surface area (Å²) in [5.74, 6) is -0.600. The summed E-state index contributed by atoms with van der Waals surface area (Å²) < 4.78 is 5.95. The van der Waals surface area contributed by atoms with Gasteiger partial charge in [0.15, 0.2) is 6.61 Å². The van der Waals surface area contributed by atoms with E-state index in [1.807, 2.05) is 24.3 Å². The molecular weight excluding hydrogens is 366 g/mol. The Morgan fingerprint density at radius 2 is 2.00 bits per heavy atom. The van der Waals surface area contributed by atoms with E-state index in [-0.39, 0.29) is 18.8 Å². The van der Waals surface area contributed by atoms with Crippen molar-refractivity contribution in [3.63, 3.8) is 0 Å². The number of rotatable bonds is 5. The maximum Gasteiger partial charge on any atom is 0.310 e. The molecular formula is C16H12BrNO3S. The summed E-state index contributed by atoms with van der Waals surface area (Å²) in [5, 5.41) is 0.993. The number of esters is 1. The van der Waals surface area contributed by atoms with E-state index in [4.69, 9.17) is 4.74 Å². The topological polar surface area (TPSA) is 59.2 Å². The van der Waals surface area contributed by atoms with Gasteiger partial charge in [-0.05, 0) is 39.7 Å². The molecule has 0 spiro atoms. The maximum absolute atomic E-state index is 11.9. The highest BCUT2D eigenvalue weighted by molar-refractivity contribution is 9.11. The summed E-state index contributed by atoms with van der Waals surface area (Å²) in [6, 6.07) is 11.3. The van der Waals surface area contributed by atoms with Gasteiger partial charge in [-0.3, -0.25) is 9.59 Å². The molecule has 0 amide bonds. The predicted molar refractivity (Wildman–Crippen MR) is 89.3 cm³/mol. The molecule has 1 N–H and O–H groups in total. The van der Waals surface area contributed by atoms with Crippen molar-refractivity contribution in [3.05, 3.63) is 56.8 Å². The molecule has 0 aliphatic carbocycles. The molecule has 0 unspecified atom stereocenters. The second-order valence-corrected chi connectivity index (χ2v) is 7.19. The number of para-hydroxylation sites is 1. The Morgan fingerprint density at radius 1 is 1.18 bits per heavy atom. The standard InChI is InChI=1S/C16H12BrNO3S/c17-15-6-5-14(22-15)13(19)9-21-16(20)7-10-8-18-12-4-2-1-3-11(10)12/h1-6,8,18H,7,9H2. The minimum atomic E-state index is -0.409. The Labute approximate surface area is 139 Å². The molecule has 0 bridgehead atoms. The number of hydrogen-bond acceptors (Lipinski definition) is 4. The second kappa shape index (κ2) is 6.46. The van der Waals surface area contributed by atoms with E-state index < -0.39 is 5.97 Å². The normalized spacial score (nSPS) is 10.8. The monoisotopic (exact) mass is 377 g/mol. The number of hydrogen-bond donors (Lipinski definition) is 1. The Balaban J connectivity index is 1.60. The lowest BCUT2D eigenvalue weighted by atomic mass is 10.1. The molecule has 112 valence electrons. The maximum atomic E-state index is 11.9. The van der Waals surface area contributed by atoms with Gasteiger partial charge in [0.05, 0.1) is 15.1 Å². The van der Waals surface area contributed by atoms with Crippen LogP contribution in [0.1, 0.15) is 15.2 Å². The fourth-order valence-corrected chi connectivity index (χ4v) is 3.48. The fourth-order valence-electron chi connectivity index (χ4n) is 2.17. The van der Waals surface area contributed by atoms with Gasteiger partial charge >= 0.3 is 5.97 Å². The number of ether oxygens (including phenoxy) is 1. The van der Waals surface area contributed by atoms with Crippen LogP contribution in [0.4, 0.5) is 0 Å². The number of aromatic amines is 1. The van der Waals surface area contributed by atoms with E-state index in [9.17, 15) is 9.59 Å². The number of Topliss-reactive ketones (excluding diaryl/α,β-unsaturated/α-hetero) is 1. The molecule has 0 saturated heterocycles. The quantitative estimate of drug-likeness (QED) is 0.540. The van der Waals surface area contributed by atoms with Crippen molar-refractivity contribution in [1.29, 1.82) is 0 Å². The Morgan fingerprint density at radius 3 is 2.77 bits per heavy atom. The minimum absolute atomic E-state index is 0.144. The molecule has 0 saturated carbocycles. The van der Waals surface area contributed by atoms with Crippen molar-refractivity contribution in [2.75, 3.05) is 6.61 Å². The number of carbonyl (C=O) groups excluding carboxylic acids is 2. The molecule has 2 heterocycles. The van der Waals surface area contributed by atoms with Crippen LogP contribution in [0.25, 0.3) is 10.9 Å². The van der Waals surface area contributed by atoms with E-state index >= 15 is 0 Å². The number of H-pyrrole nitrogens is 1. The van der Waals surface area contributed by atoms with Gasteiger partial charge in [0.25, 0.3) is 0 Å². The summed E-state index contributed by atoms with van der Waals surface area (Å²) in [7, 11) is 0. The van der Waals surface area contributed by atoms with Crippen LogP contribution in [-0.4, -0.2) is 23.3 Å². The first-order valence-corrected chi connectivity index (χ1v) is 8.23. The van der Waals surface area contributed by atoms with Crippen molar-refractivity contribution >= 4 is 49.9 Å². The largest absolute Gasteiger partial charge is 0.457 e. The first kappa shape index (κ1) is 15.0. The van der Waals surface area contributed by atoms with E-state index in [0.717, 1.165) is 20.3 Å². The van der Waals surface area contributed by atoms with Gasteiger partial charge in [0.1, 0.15) is 0 Å². The molecule has 0 aliphatic heterocycles. The number of aromatic nitrogens is 1. The third-order valence-electron chi connectivity index (χ3n) is 3.22. The molecule has 1 aromatic carbocycles. The Hall–Kier alpha value is -1.92. The van der Waals surface area contributed by atoms with Crippen molar-refractivity contribution in [2.24, 2.45) is 0 Å². The van der Waals surface area contributed by atoms with Gasteiger partial charge in [-0.25, -0.2) is 0 Å². The summed E-state index contributed by atoms with van der Waals surface area (Å²) in [6.45, 7) is -0.228. The zero-order valence-corrected chi connectivity index (χ0v) is 13.9. The molecule has 2 aromatic heterocycles. The number of benzene rings is 1. The highest BCUT2D eigenvalue weighted by Crippen LogP contribution is 2.22. The SMILES string of the molecule is O=C(Cc1c[nH]c2ccccc12)OCC(=O)c1ccc(Br)s1. The molecule has 0 atom stereocenters. The molecule has 3 rings (SSSR count). The van der Waals surface area contributed by atoms with Crippen LogP contribution in [0.15, 0.2) is 46.4 Å². The number of fused-ring (bicyclic) bond motifs is 1. The average molecular weight is 378 g/mol. The van der Waals surface area contributed by atoms with Crippen LogP contribution in [0.3, 0.4) is 0 Å². The first-order valence-electron chi connectivity index (χ1n) is 6.62. The second-order valence-electron chi connectivity index (χ2n) is 4.72. The lowest BCUT2D eigenvalue weighted by Crippen LogP contribution is -2.14. The number of ketones is 1. The first-order chi connectivity index (χ1) is 10.6. The number of thiophene rings is 1. The third-order valence-corrected chi connectivity index (χ3v) is 4.89. The van der Waals surface area contributed by atoms with Gasteiger partial charge in [0, 0.05) is 17.1 Å². The zero-order chi connectivity index (χ0) is 15.5. The van der Waals surface area contributed by atoms with Crippen LogP contribution in [0.2, 0.25) is 0 Å². The lowest BCUT2D eigenvalue weighted by molar-refractivity contribution is -0.141. The van der Waals surface area contributed by atoms with Crippen molar-refractivity contribution < 1.29 is 14.3 Å².